The van der Waals surface area contributed by atoms with Gasteiger partial charge in [0.15, 0.2) is 6.29 Å². The molecule has 0 aromatic heterocycles. The number of rotatable bonds is 5. The first-order chi connectivity index (χ1) is 9.10. The van der Waals surface area contributed by atoms with Gasteiger partial charge in [0.2, 0.25) is 0 Å². The van der Waals surface area contributed by atoms with Crippen LogP contribution in [0.5, 0.6) is 0 Å². The fourth-order valence-corrected chi connectivity index (χ4v) is 2.86. The molecule has 0 amide bonds. The van der Waals surface area contributed by atoms with Crippen LogP contribution in [0.3, 0.4) is 0 Å². The number of hydrogen-bond donors (Lipinski definition) is 1. The summed E-state index contributed by atoms with van der Waals surface area (Å²) in [5.74, 6) is 0. The van der Waals surface area contributed by atoms with Crippen molar-refractivity contribution in [2.75, 3.05) is 20.3 Å². The highest BCUT2D eigenvalue weighted by Crippen LogP contribution is 2.20. The van der Waals surface area contributed by atoms with E-state index in [0.29, 0.717) is 6.04 Å². The standard InChI is InChI=1S/C16H25NO2/c1-11-7-12(2)15(13(3)8-11)9-14(17-4)10-16-18-5-6-19-16/h7-8,14,16-17H,5-6,9-10H2,1-4H3. The number of likely N-dealkylation sites (N-methyl/N-ethyl adjacent to an activating group) is 1. The number of hydrogen-bond acceptors (Lipinski definition) is 3. The van der Waals surface area contributed by atoms with E-state index in [-0.39, 0.29) is 6.29 Å². The highest BCUT2D eigenvalue weighted by atomic mass is 16.7. The molecular formula is C16H25NO2. The molecule has 0 saturated carbocycles. The summed E-state index contributed by atoms with van der Waals surface area (Å²) < 4.78 is 11.1. The van der Waals surface area contributed by atoms with E-state index in [1.54, 1.807) is 0 Å². The Labute approximate surface area is 116 Å². The van der Waals surface area contributed by atoms with Crippen LogP contribution in [0.25, 0.3) is 0 Å². The van der Waals surface area contributed by atoms with Gasteiger partial charge in [0, 0.05) is 12.5 Å². The van der Waals surface area contributed by atoms with E-state index < -0.39 is 0 Å². The van der Waals surface area contributed by atoms with Crippen molar-refractivity contribution in [3.05, 3.63) is 34.4 Å². The second-order valence-corrected chi connectivity index (χ2v) is 5.47. The van der Waals surface area contributed by atoms with Crippen LogP contribution in [0.2, 0.25) is 0 Å². The summed E-state index contributed by atoms with van der Waals surface area (Å²) in [6.07, 6.45) is 1.89. The van der Waals surface area contributed by atoms with E-state index in [0.717, 1.165) is 26.1 Å². The van der Waals surface area contributed by atoms with Gasteiger partial charge in [-0.25, -0.2) is 0 Å². The Balaban J connectivity index is 2.05. The van der Waals surface area contributed by atoms with Crippen molar-refractivity contribution in [3.63, 3.8) is 0 Å². The number of benzene rings is 1. The summed E-state index contributed by atoms with van der Waals surface area (Å²) in [6, 6.07) is 4.91. The van der Waals surface area contributed by atoms with Crippen molar-refractivity contribution in [2.24, 2.45) is 0 Å². The van der Waals surface area contributed by atoms with E-state index in [2.05, 4.69) is 38.2 Å². The summed E-state index contributed by atoms with van der Waals surface area (Å²) in [5.41, 5.74) is 5.54. The van der Waals surface area contributed by atoms with Crippen LogP contribution >= 0.6 is 0 Å². The maximum absolute atomic E-state index is 5.54. The first-order valence-electron chi connectivity index (χ1n) is 7.07. The molecule has 1 aromatic rings. The largest absolute Gasteiger partial charge is 0.350 e. The topological polar surface area (TPSA) is 30.5 Å². The molecule has 0 bridgehead atoms. The fraction of sp³-hybridized carbons (Fsp3) is 0.625. The van der Waals surface area contributed by atoms with Crippen LogP contribution in [0.4, 0.5) is 0 Å². The summed E-state index contributed by atoms with van der Waals surface area (Å²) in [7, 11) is 2.01. The lowest BCUT2D eigenvalue weighted by molar-refractivity contribution is -0.0522. The Bertz CT molecular complexity index is 402. The molecule has 0 radical (unpaired) electrons. The van der Waals surface area contributed by atoms with Crippen LogP contribution in [-0.2, 0) is 15.9 Å². The van der Waals surface area contributed by atoms with Gasteiger partial charge < -0.3 is 14.8 Å². The number of nitrogens with one attached hydrogen (secondary N) is 1. The minimum Gasteiger partial charge on any atom is -0.350 e. The van der Waals surface area contributed by atoms with E-state index in [4.69, 9.17) is 9.47 Å². The van der Waals surface area contributed by atoms with Crippen molar-refractivity contribution in [2.45, 2.75) is 45.9 Å². The zero-order chi connectivity index (χ0) is 13.8. The Morgan fingerprint density at radius 2 is 1.74 bits per heavy atom. The smallest absolute Gasteiger partial charge is 0.159 e. The average molecular weight is 263 g/mol. The van der Waals surface area contributed by atoms with E-state index >= 15 is 0 Å². The molecule has 106 valence electrons. The summed E-state index contributed by atoms with van der Waals surface area (Å²) in [4.78, 5) is 0. The molecule has 1 saturated heterocycles. The van der Waals surface area contributed by atoms with Gasteiger partial charge in [-0.2, -0.15) is 0 Å². The second-order valence-electron chi connectivity index (χ2n) is 5.47. The molecule has 1 atom stereocenters. The van der Waals surface area contributed by atoms with E-state index in [1.165, 1.54) is 22.3 Å². The Kier molecular flexibility index (Phi) is 4.97. The molecule has 1 aliphatic heterocycles. The summed E-state index contributed by atoms with van der Waals surface area (Å²) in [5, 5.41) is 3.39. The summed E-state index contributed by atoms with van der Waals surface area (Å²) >= 11 is 0. The van der Waals surface area contributed by atoms with Gasteiger partial charge in [0.1, 0.15) is 0 Å². The fourth-order valence-electron chi connectivity index (χ4n) is 2.86. The van der Waals surface area contributed by atoms with Gasteiger partial charge in [-0.05, 0) is 50.9 Å². The van der Waals surface area contributed by atoms with E-state index in [9.17, 15) is 0 Å². The van der Waals surface area contributed by atoms with Crippen LogP contribution in [0.15, 0.2) is 12.1 Å². The van der Waals surface area contributed by atoms with Crippen LogP contribution < -0.4 is 5.32 Å². The third-order valence-electron chi connectivity index (χ3n) is 3.87. The SMILES string of the molecule is CNC(Cc1c(C)cc(C)cc1C)CC1OCCO1. The molecule has 1 aliphatic rings. The summed E-state index contributed by atoms with van der Waals surface area (Å²) in [6.45, 7) is 8.00. The second kappa shape index (κ2) is 6.51. The van der Waals surface area contributed by atoms with Gasteiger partial charge in [-0.1, -0.05) is 17.7 Å². The van der Waals surface area contributed by atoms with Gasteiger partial charge in [0.25, 0.3) is 0 Å². The molecule has 1 heterocycles. The molecule has 0 spiro atoms. The average Bonchev–Trinajstić information content (AvgIpc) is 2.84. The molecular weight excluding hydrogens is 238 g/mol. The molecule has 1 N–H and O–H groups in total. The molecule has 2 rings (SSSR count). The molecule has 3 heteroatoms. The van der Waals surface area contributed by atoms with Crippen molar-refractivity contribution in [1.82, 2.24) is 5.32 Å². The Morgan fingerprint density at radius 3 is 2.26 bits per heavy atom. The van der Waals surface area contributed by atoms with Crippen LogP contribution in [-0.4, -0.2) is 32.6 Å². The molecule has 0 aliphatic carbocycles. The highest BCUT2D eigenvalue weighted by molar-refractivity contribution is 5.38. The third kappa shape index (κ3) is 3.78. The van der Waals surface area contributed by atoms with Crippen LogP contribution in [0, 0.1) is 20.8 Å². The maximum Gasteiger partial charge on any atom is 0.159 e. The van der Waals surface area contributed by atoms with Crippen molar-refractivity contribution in [1.29, 1.82) is 0 Å². The van der Waals surface area contributed by atoms with Crippen LogP contribution in [0.1, 0.15) is 28.7 Å². The van der Waals surface area contributed by atoms with Crippen molar-refractivity contribution >= 4 is 0 Å². The van der Waals surface area contributed by atoms with E-state index in [1.807, 2.05) is 7.05 Å². The lowest BCUT2D eigenvalue weighted by Gasteiger charge is -2.21. The molecule has 1 fully saturated rings. The van der Waals surface area contributed by atoms with Crippen molar-refractivity contribution < 1.29 is 9.47 Å². The maximum atomic E-state index is 5.54. The Morgan fingerprint density at radius 1 is 1.16 bits per heavy atom. The van der Waals surface area contributed by atoms with Gasteiger partial charge in [0.05, 0.1) is 13.2 Å². The lowest BCUT2D eigenvalue weighted by Crippen LogP contribution is -2.32. The number of aryl methyl sites for hydroxylation is 3. The van der Waals surface area contributed by atoms with Gasteiger partial charge in [-0.3, -0.25) is 0 Å². The van der Waals surface area contributed by atoms with Gasteiger partial charge >= 0.3 is 0 Å². The minimum atomic E-state index is -0.0384. The van der Waals surface area contributed by atoms with Gasteiger partial charge in [-0.15, -0.1) is 0 Å². The molecule has 1 unspecified atom stereocenters. The monoisotopic (exact) mass is 263 g/mol. The predicted octanol–water partition coefficient (Wildman–Crippen LogP) is 2.51. The predicted molar refractivity (Wildman–Crippen MR) is 77.5 cm³/mol. The van der Waals surface area contributed by atoms with Crippen molar-refractivity contribution in [3.8, 4) is 0 Å². The highest BCUT2D eigenvalue weighted by Gasteiger charge is 2.21. The zero-order valence-corrected chi connectivity index (χ0v) is 12.5. The first kappa shape index (κ1) is 14.5. The third-order valence-corrected chi connectivity index (χ3v) is 3.87. The molecule has 19 heavy (non-hydrogen) atoms. The first-order valence-corrected chi connectivity index (χ1v) is 7.07. The zero-order valence-electron chi connectivity index (χ0n) is 12.5. The quantitative estimate of drug-likeness (QED) is 0.885. The molecule has 3 nitrogen and oxygen atoms in total. The lowest BCUT2D eigenvalue weighted by atomic mass is 9.93. The Hall–Kier alpha value is -0.900. The molecule has 1 aromatic carbocycles. The number of ether oxygens (including phenoxy) is 2. The minimum absolute atomic E-state index is 0.0384. The normalized spacial score (nSPS) is 17.9.